The highest BCUT2D eigenvalue weighted by Crippen LogP contribution is 2.36. The van der Waals surface area contributed by atoms with Gasteiger partial charge in [-0.1, -0.05) is 0 Å². The van der Waals surface area contributed by atoms with E-state index < -0.39 is 0 Å². The summed E-state index contributed by atoms with van der Waals surface area (Å²) >= 11 is 0. The van der Waals surface area contributed by atoms with E-state index in [2.05, 4.69) is 52.0 Å². The number of nitriles is 1. The van der Waals surface area contributed by atoms with E-state index in [0.717, 1.165) is 74.4 Å². The number of hydrogen-bond acceptors (Lipinski definition) is 10. The van der Waals surface area contributed by atoms with E-state index in [4.69, 9.17) is 19.2 Å². The molecule has 8 heterocycles. The van der Waals surface area contributed by atoms with Gasteiger partial charge in [0.05, 0.1) is 55.3 Å². The number of pyridine rings is 2. The molecule has 5 fully saturated rings. The fourth-order valence-electron chi connectivity index (χ4n) is 7.04. The average molecular weight is 615 g/mol. The summed E-state index contributed by atoms with van der Waals surface area (Å²) in [5.41, 5.74) is 2.88. The third kappa shape index (κ3) is 6.10. The van der Waals surface area contributed by atoms with Crippen LogP contribution in [-0.4, -0.2) is 113 Å². The molecule has 238 valence electrons. The molecule has 1 amide bonds. The lowest BCUT2D eigenvalue weighted by atomic mass is 9.87. The van der Waals surface area contributed by atoms with Crippen molar-refractivity contribution in [3.05, 3.63) is 42.4 Å². The quantitative estimate of drug-likeness (QED) is 0.406. The molecule has 2 atom stereocenters. The summed E-state index contributed by atoms with van der Waals surface area (Å²) in [4.78, 5) is 24.4. The van der Waals surface area contributed by atoms with Gasteiger partial charge in [-0.25, -0.2) is 9.50 Å². The van der Waals surface area contributed by atoms with Gasteiger partial charge in [-0.3, -0.25) is 9.69 Å². The number of likely N-dealkylation sites (tertiary alicyclic amines) is 1. The van der Waals surface area contributed by atoms with Crippen LogP contribution in [0.2, 0.25) is 0 Å². The van der Waals surface area contributed by atoms with Crippen LogP contribution in [0, 0.1) is 11.3 Å². The standard InChI is InChI=1S/C33H42N8O4/c1-32(2,3)36-19-30(42)41-25-14-26(41)21-39(20-25)29-5-4-23(17-35-29)28-15-27(22-40-31(28)24(16-34)18-37-40)43-11-10-38-8-6-33(7-9-38)44-12-13-45-33/h4-5,15,17-18,22,25-26,36H,6-14,19-21H2,1-3H3. The Labute approximate surface area is 263 Å². The molecule has 12 heteroatoms. The molecule has 0 saturated carbocycles. The number of fused-ring (bicyclic) bond motifs is 3. The summed E-state index contributed by atoms with van der Waals surface area (Å²) in [6.45, 7) is 12.7. The van der Waals surface area contributed by atoms with Crippen molar-refractivity contribution in [3.8, 4) is 22.9 Å². The van der Waals surface area contributed by atoms with E-state index in [1.165, 1.54) is 0 Å². The van der Waals surface area contributed by atoms with E-state index in [1.54, 1.807) is 10.7 Å². The van der Waals surface area contributed by atoms with Crippen LogP contribution in [0.15, 0.2) is 36.8 Å². The van der Waals surface area contributed by atoms with Gasteiger partial charge in [0.15, 0.2) is 5.79 Å². The summed E-state index contributed by atoms with van der Waals surface area (Å²) in [7, 11) is 0. The largest absolute Gasteiger partial charge is 0.491 e. The van der Waals surface area contributed by atoms with Gasteiger partial charge in [0.25, 0.3) is 0 Å². The molecule has 0 aliphatic carbocycles. The van der Waals surface area contributed by atoms with Gasteiger partial charge in [0.2, 0.25) is 5.91 Å². The summed E-state index contributed by atoms with van der Waals surface area (Å²) < 4.78 is 19.6. The van der Waals surface area contributed by atoms with Crippen molar-refractivity contribution in [2.45, 2.75) is 63.4 Å². The highest BCUT2D eigenvalue weighted by atomic mass is 16.7. The van der Waals surface area contributed by atoms with E-state index >= 15 is 0 Å². The maximum absolute atomic E-state index is 12.9. The van der Waals surface area contributed by atoms with Crippen molar-refractivity contribution >= 4 is 17.2 Å². The van der Waals surface area contributed by atoms with Crippen LogP contribution in [0.5, 0.6) is 5.75 Å². The molecule has 0 radical (unpaired) electrons. The number of nitrogens with zero attached hydrogens (tertiary/aromatic N) is 7. The number of rotatable bonds is 8. The predicted molar refractivity (Wildman–Crippen MR) is 168 cm³/mol. The number of piperidine rings is 2. The second-order valence-electron chi connectivity index (χ2n) is 13.6. The van der Waals surface area contributed by atoms with Crippen LogP contribution >= 0.6 is 0 Å². The Bertz CT molecular complexity index is 1560. The molecule has 45 heavy (non-hydrogen) atoms. The second-order valence-corrected chi connectivity index (χ2v) is 13.6. The molecule has 0 aromatic carbocycles. The number of aromatic nitrogens is 3. The number of carbonyl (C=O) groups is 1. The minimum Gasteiger partial charge on any atom is -0.491 e. The molecule has 5 saturated heterocycles. The van der Waals surface area contributed by atoms with Crippen LogP contribution < -0.4 is 15.0 Å². The first-order chi connectivity index (χ1) is 21.7. The van der Waals surface area contributed by atoms with Gasteiger partial charge in [-0.15, -0.1) is 0 Å². The van der Waals surface area contributed by atoms with Crippen LogP contribution in [0.1, 0.15) is 45.6 Å². The SMILES string of the molecule is CC(C)(C)NCC(=O)N1C2CC1CN(c1ccc(-c3cc(OCCN4CCC5(CC4)OCCO5)cn4ncc(C#N)c34)cn1)C2. The highest BCUT2D eigenvalue weighted by molar-refractivity contribution is 5.85. The summed E-state index contributed by atoms with van der Waals surface area (Å²) in [5, 5.41) is 17.5. The molecule has 1 N–H and O–H groups in total. The Morgan fingerprint density at radius 1 is 1.16 bits per heavy atom. The summed E-state index contributed by atoms with van der Waals surface area (Å²) in [6.07, 6.45) is 8.07. The Kier molecular flexibility index (Phi) is 7.90. The van der Waals surface area contributed by atoms with Gasteiger partial charge in [0, 0.05) is 68.4 Å². The normalized spacial score (nSPS) is 22.9. The zero-order chi connectivity index (χ0) is 31.2. The fourth-order valence-corrected chi connectivity index (χ4v) is 7.04. The number of nitrogens with one attached hydrogen (secondary N) is 1. The lowest BCUT2D eigenvalue weighted by Crippen LogP contribution is -2.71. The molecule has 5 aliphatic heterocycles. The average Bonchev–Trinajstić information content (AvgIpc) is 3.67. The van der Waals surface area contributed by atoms with Crippen molar-refractivity contribution in [2.75, 3.05) is 64.0 Å². The van der Waals surface area contributed by atoms with Crippen molar-refractivity contribution in [1.29, 1.82) is 5.26 Å². The third-order valence-electron chi connectivity index (χ3n) is 9.45. The molecule has 3 aromatic heterocycles. The van der Waals surface area contributed by atoms with Crippen molar-refractivity contribution < 1.29 is 19.0 Å². The molecule has 5 aliphatic rings. The minimum absolute atomic E-state index is 0.0896. The first-order valence-electron chi connectivity index (χ1n) is 16.0. The Hall–Kier alpha value is -3.76. The first-order valence-corrected chi connectivity index (χ1v) is 16.0. The number of carbonyl (C=O) groups excluding carboxylic acids is 1. The minimum atomic E-state index is -0.378. The van der Waals surface area contributed by atoms with Gasteiger partial charge in [-0.2, -0.15) is 10.4 Å². The van der Waals surface area contributed by atoms with Gasteiger partial charge < -0.3 is 29.3 Å². The lowest BCUT2D eigenvalue weighted by Gasteiger charge is -2.56. The maximum Gasteiger partial charge on any atom is 0.237 e. The first kappa shape index (κ1) is 29.9. The Balaban J connectivity index is 1.01. The van der Waals surface area contributed by atoms with E-state index in [1.807, 2.05) is 30.6 Å². The Morgan fingerprint density at radius 2 is 1.91 bits per heavy atom. The summed E-state index contributed by atoms with van der Waals surface area (Å²) in [5.74, 6) is 1.37. The maximum atomic E-state index is 12.9. The van der Waals surface area contributed by atoms with Crippen LogP contribution in [-0.2, 0) is 14.3 Å². The monoisotopic (exact) mass is 614 g/mol. The number of hydrogen-bond donors (Lipinski definition) is 1. The molecular weight excluding hydrogens is 572 g/mol. The van der Waals surface area contributed by atoms with Crippen molar-refractivity contribution in [2.24, 2.45) is 0 Å². The highest BCUT2D eigenvalue weighted by Gasteiger charge is 2.47. The van der Waals surface area contributed by atoms with Crippen molar-refractivity contribution in [1.82, 2.24) is 29.7 Å². The van der Waals surface area contributed by atoms with E-state index in [9.17, 15) is 10.1 Å². The fraction of sp³-hybridized carbons (Fsp3) is 0.576. The zero-order valence-corrected chi connectivity index (χ0v) is 26.4. The van der Waals surface area contributed by atoms with Crippen molar-refractivity contribution in [3.63, 3.8) is 0 Å². The summed E-state index contributed by atoms with van der Waals surface area (Å²) in [6, 6.07) is 8.76. The molecule has 3 aromatic rings. The number of anilines is 1. The van der Waals surface area contributed by atoms with Crippen LogP contribution in [0.3, 0.4) is 0 Å². The number of ether oxygens (including phenoxy) is 3. The molecule has 1 spiro atoms. The molecule has 12 nitrogen and oxygen atoms in total. The molecule has 8 rings (SSSR count). The lowest BCUT2D eigenvalue weighted by molar-refractivity contribution is -0.185. The molecule has 2 bridgehead atoms. The smallest absolute Gasteiger partial charge is 0.237 e. The molecule has 2 unspecified atom stereocenters. The molecular formula is C33H42N8O4. The van der Waals surface area contributed by atoms with Crippen LogP contribution in [0.25, 0.3) is 16.6 Å². The van der Waals surface area contributed by atoms with E-state index in [-0.39, 0.29) is 29.3 Å². The van der Waals surface area contributed by atoms with Gasteiger partial charge >= 0.3 is 0 Å². The number of amides is 1. The van der Waals surface area contributed by atoms with Gasteiger partial charge in [-0.05, 0) is 45.4 Å². The topological polar surface area (TPSA) is 120 Å². The zero-order valence-electron chi connectivity index (χ0n) is 26.4. The van der Waals surface area contributed by atoms with Gasteiger partial charge in [0.1, 0.15) is 24.2 Å². The predicted octanol–water partition coefficient (Wildman–Crippen LogP) is 2.66. The second kappa shape index (κ2) is 11.9. The van der Waals surface area contributed by atoms with Crippen LogP contribution in [0.4, 0.5) is 5.82 Å². The van der Waals surface area contributed by atoms with E-state index in [0.29, 0.717) is 37.7 Å². The third-order valence-corrected chi connectivity index (χ3v) is 9.45. The number of piperazine rings is 1. The Morgan fingerprint density at radius 3 is 2.58 bits per heavy atom.